The predicted molar refractivity (Wildman–Crippen MR) is 111 cm³/mol. The van der Waals surface area contributed by atoms with Crippen LogP contribution in [0.4, 0.5) is 0 Å². The molecule has 8 nitrogen and oxygen atoms in total. The highest BCUT2D eigenvalue weighted by atomic mass is 16.5. The van der Waals surface area contributed by atoms with Gasteiger partial charge >= 0.3 is 5.97 Å². The summed E-state index contributed by atoms with van der Waals surface area (Å²) in [7, 11) is 2.77. The maximum absolute atomic E-state index is 12.2. The number of nitrogens with one attached hydrogen (secondary N) is 2. The molecule has 30 heavy (non-hydrogen) atoms. The van der Waals surface area contributed by atoms with Gasteiger partial charge in [-0.15, -0.1) is 0 Å². The Morgan fingerprint density at radius 3 is 2.70 bits per heavy atom. The van der Waals surface area contributed by atoms with Crippen LogP contribution in [0.25, 0.3) is 10.9 Å². The molecule has 0 bridgehead atoms. The van der Waals surface area contributed by atoms with Crippen LogP contribution in [0.1, 0.15) is 34.6 Å². The summed E-state index contributed by atoms with van der Waals surface area (Å²) in [5.74, 6) is 0.337. The molecule has 0 radical (unpaired) electrons. The fourth-order valence-electron chi connectivity index (χ4n) is 3.09. The van der Waals surface area contributed by atoms with Gasteiger partial charge in [-0.3, -0.25) is 9.59 Å². The van der Waals surface area contributed by atoms with Crippen molar-refractivity contribution in [2.24, 2.45) is 0 Å². The molecule has 1 aromatic heterocycles. The number of aryl methyl sites for hydroxylation is 1. The van der Waals surface area contributed by atoms with Crippen LogP contribution in [-0.2, 0) is 22.5 Å². The summed E-state index contributed by atoms with van der Waals surface area (Å²) in [6.07, 6.45) is 1.32. The van der Waals surface area contributed by atoms with Crippen LogP contribution >= 0.6 is 0 Å². The molecule has 0 aliphatic heterocycles. The number of methoxy groups -OCH3 is 2. The van der Waals surface area contributed by atoms with Crippen molar-refractivity contribution in [3.63, 3.8) is 0 Å². The SMILES string of the molecule is COC(=O)c1cc(CNC(=O)CCCc2nc3ccccc3c(=O)[nH]2)ccc1OC. The van der Waals surface area contributed by atoms with Crippen molar-refractivity contribution in [2.45, 2.75) is 25.8 Å². The Labute approximate surface area is 173 Å². The van der Waals surface area contributed by atoms with E-state index in [4.69, 9.17) is 9.47 Å². The van der Waals surface area contributed by atoms with Crippen LogP contribution in [0.5, 0.6) is 5.75 Å². The Balaban J connectivity index is 1.53. The van der Waals surface area contributed by atoms with E-state index in [1.165, 1.54) is 14.2 Å². The van der Waals surface area contributed by atoms with Gasteiger partial charge in [0.1, 0.15) is 17.1 Å². The Kier molecular flexibility index (Phi) is 6.79. The van der Waals surface area contributed by atoms with Crippen LogP contribution in [-0.4, -0.2) is 36.1 Å². The highest BCUT2D eigenvalue weighted by molar-refractivity contribution is 5.92. The number of aromatic amines is 1. The maximum atomic E-state index is 12.2. The lowest BCUT2D eigenvalue weighted by atomic mass is 10.1. The van der Waals surface area contributed by atoms with Gasteiger partial charge in [0.25, 0.3) is 5.56 Å². The van der Waals surface area contributed by atoms with Crippen molar-refractivity contribution in [1.29, 1.82) is 0 Å². The van der Waals surface area contributed by atoms with Gasteiger partial charge in [0.15, 0.2) is 0 Å². The summed E-state index contributed by atoms with van der Waals surface area (Å²) in [5.41, 5.74) is 1.52. The van der Waals surface area contributed by atoms with Gasteiger partial charge < -0.3 is 19.8 Å². The number of amides is 1. The van der Waals surface area contributed by atoms with Crippen LogP contribution in [0.2, 0.25) is 0 Å². The van der Waals surface area contributed by atoms with E-state index in [2.05, 4.69) is 15.3 Å². The Morgan fingerprint density at radius 1 is 1.13 bits per heavy atom. The van der Waals surface area contributed by atoms with E-state index < -0.39 is 5.97 Å². The van der Waals surface area contributed by atoms with Crippen molar-refractivity contribution < 1.29 is 19.1 Å². The second-order valence-corrected chi connectivity index (χ2v) is 6.69. The normalized spacial score (nSPS) is 10.6. The molecule has 0 spiro atoms. The molecular weight excluding hydrogens is 386 g/mol. The molecule has 2 aromatic carbocycles. The fourth-order valence-corrected chi connectivity index (χ4v) is 3.09. The molecule has 0 saturated carbocycles. The summed E-state index contributed by atoms with van der Waals surface area (Å²) in [4.78, 5) is 43.3. The average Bonchev–Trinajstić information content (AvgIpc) is 2.77. The molecule has 0 aliphatic carbocycles. The molecule has 2 N–H and O–H groups in total. The van der Waals surface area contributed by atoms with Gasteiger partial charge in [0.05, 0.1) is 25.1 Å². The average molecular weight is 409 g/mol. The highest BCUT2D eigenvalue weighted by Gasteiger charge is 2.14. The molecule has 8 heteroatoms. The molecule has 0 atom stereocenters. The zero-order valence-electron chi connectivity index (χ0n) is 16.9. The number of hydrogen-bond acceptors (Lipinski definition) is 6. The van der Waals surface area contributed by atoms with Crippen molar-refractivity contribution in [3.8, 4) is 5.75 Å². The monoisotopic (exact) mass is 409 g/mol. The van der Waals surface area contributed by atoms with Crippen LogP contribution in [0, 0.1) is 0 Å². The van der Waals surface area contributed by atoms with E-state index in [1.54, 1.807) is 36.4 Å². The summed E-state index contributed by atoms with van der Waals surface area (Å²) >= 11 is 0. The number of carbonyl (C=O) groups excluding carboxylic acids is 2. The van der Waals surface area contributed by atoms with Crippen LogP contribution in [0.3, 0.4) is 0 Å². The Morgan fingerprint density at radius 2 is 1.93 bits per heavy atom. The molecule has 1 amide bonds. The standard InChI is InChI=1S/C22H23N3O5/c1-29-18-11-10-14(12-16(18)22(28)30-2)13-23-20(26)9-5-8-19-24-17-7-4-3-6-15(17)21(27)25-19/h3-4,6-7,10-12H,5,8-9,13H2,1-2H3,(H,23,26)(H,24,25,27). The number of H-pyrrole nitrogens is 1. The zero-order chi connectivity index (χ0) is 21.5. The topological polar surface area (TPSA) is 110 Å². The molecular formula is C22H23N3O5. The Hall–Kier alpha value is -3.68. The second-order valence-electron chi connectivity index (χ2n) is 6.69. The van der Waals surface area contributed by atoms with Crippen molar-refractivity contribution in [2.75, 3.05) is 14.2 Å². The quantitative estimate of drug-likeness (QED) is 0.553. The molecule has 0 saturated heterocycles. The number of para-hydroxylation sites is 1. The maximum Gasteiger partial charge on any atom is 0.341 e. The van der Waals surface area contributed by atoms with Crippen molar-refractivity contribution in [3.05, 3.63) is 69.8 Å². The number of ether oxygens (including phenoxy) is 2. The summed E-state index contributed by atoms with van der Waals surface area (Å²) in [6, 6.07) is 12.2. The van der Waals surface area contributed by atoms with E-state index in [1.807, 2.05) is 6.07 Å². The minimum atomic E-state index is -0.503. The first-order chi connectivity index (χ1) is 14.5. The van der Waals surface area contributed by atoms with E-state index >= 15 is 0 Å². The molecule has 3 rings (SSSR count). The number of rotatable bonds is 8. The van der Waals surface area contributed by atoms with Gasteiger partial charge in [-0.05, 0) is 36.2 Å². The lowest BCUT2D eigenvalue weighted by Crippen LogP contribution is -2.23. The molecule has 3 aromatic rings. The number of esters is 1. The lowest BCUT2D eigenvalue weighted by Gasteiger charge is -2.10. The number of aromatic nitrogens is 2. The smallest absolute Gasteiger partial charge is 0.341 e. The van der Waals surface area contributed by atoms with E-state index in [9.17, 15) is 14.4 Å². The molecule has 1 heterocycles. The fraction of sp³-hybridized carbons (Fsp3) is 0.273. The summed E-state index contributed by atoms with van der Waals surface area (Å²) in [5, 5.41) is 3.37. The molecule has 156 valence electrons. The number of benzene rings is 2. The number of carbonyl (C=O) groups is 2. The molecule has 0 unspecified atom stereocenters. The van der Waals surface area contributed by atoms with E-state index in [-0.39, 0.29) is 24.4 Å². The first kappa shape index (κ1) is 21.0. The van der Waals surface area contributed by atoms with Gasteiger partial charge in [-0.2, -0.15) is 0 Å². The van der Waals surface area contributed by atoms with Crippen LogP contribution < -0.4 is 15.6 Å². The molecule has 0 aliphatic rings. The van der Waals surface area contributed by atoms with Gasteiger partial charge in [0.2, 0.25) is 5.91 Å². The summed E-state index contributed by atoms with van der Waals surface area (Å²) < 4.78 is 9.91. The van der Waals surface area contributed by atoms with Crippen molar-refractivity contribution in [1.82, 2.24) is 15.3 Å². The van der Waals surface area contributed by atoms with E-state index in [0.717, 1.165) is 5.56 Å². The Bertz CT molecular complexity index is 1120. The first-order valence-electron chi connectivity index (χ1n) is 9.51. The minimum Gasteiger partial charge on any atom is -0.496 e. The second kappa shape index (κ2) is 9.69. The largest absolute Gasteiger partial charge is 0.496 e. The third kappa shape index (κ3) is 5.02. The number of fused-ring (bicyclic) bond motifs is 1. The summed E-state index contributed by atoms with van der Waals surface area (Å²) in [6.45, 7) is 0.276. The zero-order valence-corrected chi connectivity index (χ0v) is 16.9. The van der Waals surface area contributed by atoms with Gasteiger partial charge in [-0.1, -0.05) is 18.2 Å². The highest BCUT2D eigenvalue weighted by Crippen LogP contribution is 2.20. The van der Waals surface area contributed by atoms with E-state index in [0.29, 0.717) is 40.9 Å². The lowest BCUT2D eigenvalue weighted by molar-refractivity contribution is -0.121. The number of hydrogen-bond donors (Lipinski definition) is 2. The van der Waals surface area contributed by atoms with Gasteiger partial charge in [0, 0.05) is 19.4 Å². The predicted octanol–water partition coefficient (Wildman–Crippen LogP) is 2.36. The number of nitrogens with zero attached hydrogens (tertiary/aromatic N) is 1. The molecule has 0 fully saturated rings. The third-order valence-corrected chi connectivity index (χ3v) is 4.64. The first-order valence-corrected chi connectivity index (χ1v) is 9.51. The van der Waals surface area contributed by atoms with Crippen LogP contribution in [0.15, 0.2) is 47.3 Å². The third-order valence-electron chi connectivity index (χ3n) is 4.64. The van der Waals surface area contributed by atoms with Crippen molar-refractivity contribution >= 4 is 22.8 Å². The van der Waals surface area contributed by atoms with Gasteiger partial charge in [-0.25, -0.2) is 9.78 Å². The minimum absolute atomic E-state index is 0.131.